The molecule has 1 aromatic rings. The molecule has 0 saturated heterocycles. The van der Waals surface area contributed by atoms with Crippen LogP contribution in [0.4, 0.5) is 0 Å². The van der Waals surface area contributed by atoms with Gasteiger partial charge in [0.15, 0.2) is 5.96 Å². The number of nitrogens with zero attached hydrogens (tertiary/aromatic N) is 2. The lowest BCUT2D eigenvalue weighted by molar-refractivity contribution is -0.127. The van der Waals surface area contributed by atoms with E-state index < -0.39 is 0 Å². The molecule has 1 aromatic carbocycles. The van der Waals surface area contributed by atoms with E-state index in [1.54, 1.807) is 28.3 Å². The molecule has 8 heteroatoms. The molecule has 0 aliphatic rings. The van der Waals surface area contributed by atoms with Crippen LogP contribution in [-0.2, 0) is 4.79 Å². The van der Waals surface area contributed by atoms with Crippen molar-refractivity contribution < 1.29 is 14.3 Å². The monoisotopic (exact) mass is 490 g/mol. The number of benzene rings is 1. The lowest BCUT2D eigenvalue weighted by Crippen LogP contribution is -2.40. The topological polar surface area (TPSA) is 75.2 Å². The molecule has 152 valence electrons. The van der Waals surface area contributed by atoms with Crippen molar-refractivity contribution >= 4 is 35.8 Å². The summed E-state index contributed by atoms with van der Waals surface area (Å²) in [5, 5.41) is 6.48. The third-order valence-electron chi connectivity index (χ3n) is 3.69. The van der Waals surface area contributed by atoms with Crippen LogP contribution < -0.4 is 20.1 Å². The number of carbonyl (C=O) groups is 1. The first-order valence-corrected chi connectivity index (χ1v) is 8.39. The molecular weight excluding hydrogens is 459 g/mol. The summed E-state index contributed by atoms with van der Waals surface area (Å²) in [5.41, 5.74) is 1.89. The Labute approximate surface area is 179 Å². The van der Waals surface area contributed by atoms with E-state index in [2.05, 4.69) is 22.2 Å². The Bertz CT molecular complexity index is 662. The molecule has 1 amide bonds. The second kappa shape index (κ2) is 12.4. The zero-order chi connectivity index (χ0) is 19.7. The number of ether oxygens (including phenoxy) is 2. The van der Waals surface area contributed by atoms with Crippen molar-refractivity contribution in [1.29, 1.82) is 0 Å². The van der Waals surface area contributed by atoms with Gasteiger partial charge in [0, 0.05) is 26.2 Å². The Morgan fingerprint density at radius 1 is 1.30 bits per heavy atom. The van der Waals surface area contributed by atoms with Crippen molar-refractivity contribution in [2.24, 2.45) is 4.99 Å². The molecule has 0 fully saturated rings. The third kappa shape index (κ3) is 8.51. The number of nitrogens with one attached hydrogen (secondary N) is 2. The van der Waals surface area contributed by atoms with E-state index in [9.17, 15) is 4.79 Å². The summed E-state index contributed by atoms with van der Waals surface area (Å²) in [6.45, 7) is 8.41. The van der Waals surface area contributed by atoms with Crippen LogP contribution in [0.3, 0.4) is 0 Å². The Hall–Kier alpha value is -1.97. The van der Waals surface area contributed by atoms with E-state index in [0.717, 1.165) is 22.6 Å². The minimum absolute atomic E-state index is 0. The number of halogens is 1. The summed E-state index contributed by atoms with van der Waals surface area (Å²) in [6.07, 6.45) is 0. The predicted octanol–water partition coefficient (Wildman–Crippen LogP) is 2.58. The van der Waals surface area contributed by atoms with Crippen molar-refractivity contribution in [3.05, 3.63) is 35.9 Å². The van der Waals surface area contributed by atoms with Gasteiger partial charge in [0.25, 0.3) is 0 Å². The predicted molar refractivity (Wildman–Crippen MR) is 120 cm³/mol. The van der Waals surface area contributed by atoms with Crippen molar-refractivity contribution in [2.75, 3.05) is 41.4 Å². The number of guanidine groups is 1. The lowest BCUT2D eigenvalue weighted by Gasteiger charge is -2.21. The van der Waals surface area contributed by atoms with Crippen molar-refractivity contribution in [1.82, 2.24) is 15.5 Å². The van der Waals surface area contributed by atoms with Gasteiger partial charge in [-0.2, -0.15) is 0 Å². The number of methoxy groups -OCH3 is 2. The lowest BCUT2D eigenvalue weighted by atomic mass is 10.1. The molecule has 0 heterocycles. The third-order valence-corrected chi connectivity index (χ3v) is 3.69. The highest BCUT2D eigenvalue weighted by molar-refractivity contribution is 14.0. The van der Waals surface area contributed by atoms with Crippen LogP contribution in [0.15, 0.2) is 35.3 Å². The molecule has 0 aromatic heterocycles. The smallest absolute Gasteiger partial charge is 0.243 e. The fourth-order valence-electron chi connectivity index (χ4n) is 2.14. The zero-order valence-electron chi connectivity index (χ0n) is 17.0. The van der Waals surface area contributed by atoms with Gasteiger partial charge in [-0.1, -0.05) is 12.2 Å². The zero-order valence-corrected chi connectivity index (χ0v) is 19.3. The molecule has 27 heavy (non-hydrogen) atoms. The highest BCUT2D eigenvalue weighted by Crippen LogP contribution is 2.29. The van der Waals surface area contributed by atoms with Gasteiger partial charge < -0.3 is 25.0 Å². The second-order valence-corrected chi connectivity index (χ2v) is 6.24. The van der Waals surface area contributed by atoms with Crippen LogP contribution in [0, 0.1) is 0 Å². The summed E-state index contributed by atoms with van der Waals surface area (Å²) in [6, 6.07) is 5.50. The van der Waals surface area contributed by atoms with Crippen LogP contribution in [-0.4, -0.2) is 58.2 Å². The van der Waals surface area contributed by atoms with Crippen LogP contribution in [0.5, 0.6) is 11.5 Å². The summed E-state index contributed by atoms with van der Waals surface area (Å²) < 4.78 is 10.7. The van der Waals surface area contributed by atoms with Crippen LogP contribution >= 0.6 is 24.0 Å². The maximum atomic E-state index is 11.8. The number of rotatable bonds is 8. The van der Waals surface area contributed by atoms with E-state index >= 15 is 0 Å². The molecule has 0 saturated carbocycles. The quantitative estimate of drug-likeness (QED) is 0.254. The highest BCUT2D eigenvalue weighted by atomic mass is 127. The fraction of sp³-hybridized carbons (Fsp3) is 0.474. The van der Waals surface area contributed by atoms with Crippen molar-refractivity contribution in [3.8, 4) is 11.5 Å². The molecule has 2 N–H and O–H groups in total. The van der Waals surface area contributed by atoms with Gasteiger partial charge in [-0.25, -0.2) is 4.99 Å². The molecule has 1 unspecified atom stereocenters. The minimum atomic E-state index is -0.120. The second-order valence-electron chi connectivity index (χ2n) is 6.24. The Kier molecular flexibility index (Phi) is 11.5. The van der Waals surface area contributed by atoms with E-state index in [1.165, 1.54) is 4.90 Å². The Morgan fingerprint density at radius 3 is 2.48 bits per heavy atom. The number of amides is 1. The van der Waals surface area contributed by atoms with Crippen molar-refractivity contribution in [2.45, 2.75) is 19.9 Å². The van der Waals surface area contributed by atoms with Gasteiger partial charge in [0.1, 0.15) is 18.0 Å². The van der Waals surface area contributed by atoms with Gasteiger partial charge >= 0.3 is 0 Å². The van der Waals surface area contributed by atoms with Gasteiger partial charge in [0.05, 0.1) is 20.3 Å². The summed E-state index contributed by atoms with van der Waals surface area (Å²) in [4.78, 5) is 17.7. The van der Waals surface area contributed by atoms with E-state index in [1.807, 2.05) is 32.0 Å². The number of likely N-dealkylation sites (N-methyl/N-ethyl adjacent to an activating group) is 1. The minimum Gasteiger partial charge on any atom is -0.497 e. The number of hydrogen-bond acceptors (Lipinski definition) is 4. The fourth-order valence-corrected chi connectivity index (χ4v) is 2.14. The first kappa shape index (κ1) is 25.0. The standard InChI is InChI=1S/C19H30N4O3.HI/c1-13(2)11-20-19(21-12-18(24)23(4)5)22-14(3)16-10-15(25-6)8-9-17(16)26-7;/h8-10,14H,1,11-12H2,2-7H3,(H2,20,21,22);1H. The Morgan fingerprint density at radius 2 is 1.96 bits per heavy atom. The molecule has 0 bridgehead atoms. The molecular formula is C19H31IN4O3. The number of hydrogen-bond donors (Lipinski definition) is 2. The van der Waals surface area contributed by atoms with Crippen LogP contribution in [0.1, 0.15) is 25.5 Å². The summed E-state index contributed by atoms with van der Waals surface area (Å²) in [5.74, 6) is 1.94. The SMILES string of the molecule is C=C(C)CNC(=NCC(=O)N(C)C)NC(C)c1cc(OC)ccc1OC.I. The van der Waals surface area contributed by atoms with Gasteiger partial charge in [-0.05, 0) is 32.0 Å². The largest absolute Gasteiger partial charge is 0.497 e. The van der Waals surface area contributed by atoms with E-state index in [0.29, 0.717) is 12.5 Å². The van der Waals surface area contributed by atoms with Gasteiger partial charge in [-0.3, -0.25) is 4.79 Å². The van der Waals surface area contributed by atoms with Gasteiger partial charge in [-0.15, -0.1) is 24.0 Å². The first-order chi connectivity index (χ1) is 12.3. The van der Waals surface area contributed by atoms with E-state index in [4.69, 9.17) is 9.47 Å². The Balaban J connectivity index is 0.00000676. The molecule has 0 spiro atoms. The molecule has 0 aliphatic carbocycles. The van der Waals surface area contributed by atoms with Gasteiger partial charge in [0.2, 0.25) is 5.91 Å². The number of carbonyl (C=O) groups excluding carboxylic acids is 1. The van der Waals surface area contributed by atoms with Crippen LogP contribution in [0.25, 0.3) is 0 Å². The summed E-state index contributed by atoms with van der Waals surface area (Å²) >= 11 is 0. The normalized spacial score (nSPS) is 11.7. The highest BCUT2D eigenvalue weighted by Gasteiger charge is 2.15. The summed E-state index contributed by atoms with van der Waals surface area (Å²) in [7, 11) is 6.66. The van der Waals surface area contributed by atoms with E-state index in [-0.39, 0.29) is 42.5 Å². The molecule has 0 radical (unpaired) electrons. The van der Waals surface area contributed by atoms with Crippen molar-refractivity contribution in [3.63, 3.8) is 0 Å². The average Bonchev–Trinajstić information content (AvgIpc) is 2.62. The molecule has 0 aliphatic heterocycles. The maximum Gasteiger partial charge on any atom is 0.243 e. The average molecular weight is 490 g/mol. The first-order valence-electron chi connectivity index (χ1n) is 8.39. The molecule has 1 atom stereocenters. The maximum absolute atomic E-state index is 11.8. The van der Waals surface area contributed by atoms with Crippen LogP contribution in [0.2, 0.25) is 0 Å². The molecule has 7 nitrogen and oxygen atoms in total. The number of aliphatic imine (C=N–C) groups is 1. The molecule has 1 rings (SSSR count).